The number of hydrogen-bond acceptors (Lipinski definition) is 2. The zero-order valence-electron chi connectivity index (χ0n) is 6.84. The van der Waals surface area contributed by atoms with Crippen LogP contribution in [0.2, 0.25) is 5.02 Å². The van der Waals surface area contributed by atoms with E-state index in [0.29, 0.717) is 12.0 Å². The molecule has 0 spiro atoms. The maximum atomic E-state index is 9.42. The number of aromatic hydroxyl groups is 2. The lowest BCUT2D eigenvalue weighted by Gasteiger charge is -2.06. The van der Waals surface area contributed by atoms with Crippen LogP contribution < -0.4 is 0 Å². The molecule has 0 saturated heterocycles. The molecule has 1 aromatic rings. The Morgan fingerprint density at radius 1 is 1.33 bits per heavy atom. The van der Waals surface area contributed by atoms with Gasteiger partial charge in [0.2, 0.25) is 0 Å². The van der Waals surface area contributed by atoms with Crippen LogP contribution in [0.3, 0.4) is 0 Å². The molecular weight excluding hydrogens is 176 g/mol. The van der Waals surface area contributed by atoms with Crippen molar-refractivity contribution in [3.63, 3.8) is 0 Å². The number of rotatable bonds is 2. The van der Waals surface area contributed by atoms with Crippen LogP contribution in [0.25, 0.3) is 0 Å². The van der Waals surface area contributed by atoms with E-state index in [1.54, 1.807) is 0 Å². The first-order chi connectivity index (χ1) is 5.66. The summed E-state index contributed by atoms with van der Waals surface area (Å²) >= 11 is 5.66. The average molecular weight is 187 g/mol. The highest BCUT2D eigenvalue weighted by atomic mass is 35.5. The first-order valence-electron chi connectivity index (χ1n) is 3.86. The summed E-state index contributed by atoms with van der Waals surface area (Å²) in [6, 6.07) is 2.97. The second kappa shape index (κ2) is 3.68. The Kier molecular flexibility index (Phi) is 2.82. The normalized spacial score (nSPS) is 10.2. The van der Waals surface area contributed by atoms with Crippen molar-refractivity contribution in [1.82, 2.24) is 0 Å². The van der Waals surface area contributed by atoms with Crippen LogP contribution in [-0.4, -0.2) is 10.2 Å². The number of phenolic OH excluding ortho intramolecular Hbond substituents is 2. The summed E-state index contributed by atoms with van der Waals surface area (Å²) in [6.07, 6.45) is 1.50. The van der Waals surface area contributed by atoms with Gasteiger partial charge in [-0.1, -0.05) is 24.9 Å². The Balaban J connectivity index is 3.14. The molecule has 0 fully saturated rings. The third-order valence-corrected chi connectivity index (χ3v) is 2.01. The van der Waals surface area contributed by atoms with Crippen LogP contribution in [-0.2, 0) is 6.42 Å². The van der Waals surface area contributed by atoms with Crippen molar-refractivity contribution >= 4 is 11.6 Å². The SMILES string of the molecule is CCCc1c(O)ccc(Cl)c1O. The van der Waals surface area contributed by atoms with Gasteiger partial charge >= 0.3 is 0 Å². The fourth-order valence-corrected chi connectivity index (χ4v) is 1.27. The number of phenols is 2. The van der Waals surface area contributed by atoms with Gasteiger partial charge in [-0.15, -0.1) is 0 Å². The lowest BCUT2D eigenvalue weighted by Crippen LogP contribution is -1.85. The molecular formula is C9H11ClO2. The van der Waals surface area contributed by atoms with Gasteiger partial charge in [-0.05, 0) is 18.6 Å². The summed E-state index contributed by atoms with van der Waals surface area (Å²) in [5.74, 6) is 0.109. The van der Waals surface area contributed by atoms with E-state index in [0.717, 1.165) is 6.42 Å². The summed E-state index contributed by atoms with van der Waals surface area (Å²) in [6.45, 7) is 1.97. The van der Waals surface area contributed by atoms with Crippen molar-refractivity contribution in [3.05, 3.63) is 22.7 Å². The van der Waals surface area contributed by atoms with Gasteiger partial charge in [0.05, 0.1) is 5.02 Å². The van der Waals surface area contributed by atoms with Gasteiger partial charge in [0, 0.05) is 5.56 Å². The van der Waals surface area contributed by atoms with E-state index in [4.69, 9.17) is 11.6 Å². The maximum absolute atomic E-state index is 9.42. The zero-order valence-corrected chi connectivity index (χ0v) is 7.60. The summed E-state index contributed by atoms with van der Waals surface area (Å²) in [7, 11) is 0. The minimum atomic E-state index is -0.00137. The van der Waals surface area contributed by atoms with E-state index >= 15 is 0 Å². The van der Waals surface area contributed by atoms with Crippen LogP contribution in [0.4, 0.5) is 0 Å². The molecule has 0 aliphatic carbocycles. The van der Waals surface area contributed by atoms with Crippen molar-refractivity contribution in [2.24, 2.45) is 0 Å². The molecule has 2 nitrogen and oxygen atoms in total. The predicted molar refractivity (Wildman–Crippen MR) is 48.8 cm³/mol. The van der Waals surface area contributed by atoms with E-state index in [1.807, 2.05) is 6.92 Å². The van der Waals surface area contributed by atoms with Gasteiger partial charge in [0.25, 0.3) is 0 Å². The minimum Gasteiger partial charge on any atom is -0.508 e. The highest BCUT2D eigenvalue weighted by Gasteiger charge is 2.09. The highest BCUT2D eigenvalue weighted by molar-refractivity contribution is 6.32. The lowest BCUT2D eigenvalue weighted by atomic mass is 10.1. The summed E-state index contributed by atoms with van der Waals surface area (Å²) in [4.78, 5) is 0. The third kappa shape index (κ3) is 1.64. The largest absolute Gasteiger partial charge is 0.508 e. The third-order valence-electron chi connectivity index (χ3n) is 1.71. The van der Waals surface area contributed by atoms with Crippen LogP contribution in [0.5, 0.6) is 11.5 Å². The van der Waals surface area contributed by atoms with Crippen molar-refractivity contribution < 1.29 is 10.2 Å². The molecule has 0 amide bonds. The highest BCUT2D eigenvalue weighted by Crippen LogP contribution is 2.34. The van der Waals surface area contributed by atoms with E-state index in [2.05, 4.69) is 0 Å². The van der Waals surface area contributed by atoms with E-state index in [-0.39, 0.29) is 16.5 Å². The molecule has 12 heavy (non-hydrogen) atoms. The summed E-state index contributed by atoms with van der Waals surface area (Å²) < 4.78 is 0. The van der Waals surface area contributed by atoms with Crippen molar-refractivity contribution in [3.8, 4) is 11.5 Å². The number of halogens is 1. The maximum Gasteiger partial charge on any atom is 0.141 e. The molecule has 0 radical (unpaired) electrons. The van der Waals surface area contributed by atoms with Gasteiger partial charge in [0.15, 0.2) is 0 Å². The Morgan fingerprint density at radius 3 is 2.58 bits per heavy atom. The molecule has 1 aromatic carbocycles. The molecule has 0 aromatic heterocycles. The molecule has 2 N–H and O–H groups in total. The Morgan fingerprint density at radius 2 is 2.00 bits per heavy atom. The summed E-state index contributed by atoms with van der Waals surface area (Å²) in [5, 5.41) is 19.0. The van der Waals surface area contributed by atoms with Crippen molar-refractivity contribution in [2.75, 3.05) is 0 Å². The Hall–Kier alpha value is -0.890. The van der Waals surface area contributed by atoms with Gasteiger partial charge in [-0.25, -0.2) is 0 Å². The second-order valence-corrected chi connectivity index (χ2v) is 3.05. The predicted octanol–water partition coefficient (Wildman–Crippen LogP) is 2.70. The zero-order chi connectivity index (χ0) is 9.14. The fourth-order valence-electron chi connectivity index (χ4n) is 1.09. The molecule has 0 unspecified atom stereocenters. The van der Waals surface area contributed by atoms with Crippen LogP contribution in [0.15, 0.2) is 12.1 Å². The molecule has 3 heteroatoms. The molecule has 1 rings (SSSR count). The fraction of sp³-hybridized carbons (Fsp3) is 0.333. The number of hydrogen-bond donors (Lipinski definition) is 2. The minimum absolute atomic E-state index is 0.00137. The van der Waals surface area contributed by atoms with Crippen molar-refractivity contribution in [2.45, 2.75) is 19.8 Å². The molecule has 66 valence electrons. The van der Waals surface area contributed by atoms with Crippen LogP contribution in [0.1, 0.15) is 18.9 Å². The second-order valence-electron chi connectivity index (χ2n) is 2.64. The average Bonchev–Trinajstić information content (AvgIpc) is 2.06. The number of benzene rings is 1. The van der Waals surface area contributed by atoms with E-state index < -0.39 is 0 Å². The van der Waals surface area contributed by atoms with Gasteiger partial charge in [0.1, 0.15) is 11.5 Å². The Bertz CT molecular complexity index is 284. The molecule has 0 saturated carbocycles. The quantitative estimate of drug-likeness (QED) is 0.746. The van der Waals surface area contributed by atoms with Gasteiger partial charge in [-0.3, -0.25) is 0 Å². The lowest BCUT2D eigenvalue weighted by molar-refractivity contribution is 0.438. The molecule has 0 aliphatic heterocycles. The van der Waals surface area contributed by atoms with Crippen LogP contribution >= 0.6 is 11.6 Å². The standard InChI is InChI=1S/C9H11ClO2/c1-2-3-6-8(11)5-4-7(10)9(6)12/h4-5,11-12H,2-3H2,1H3. The molecule has 0 atom stereocenters. The van der Waals surface area contributed by atoms with Crippen molar-refractivity contribution in [1.29, 1.82) is 0 Å². The van der Waals surface area contributed by atoms with Crippen LogP contribution in [0, 0.1) is 0 Å². The first kappa shape index (κ1) is 9.20. The topological polar surface area (TPSA) is 40.5 Å². The molecule has 0 aliphatic rings. The van der Waals surface area contributed by atoms with E-state index in [9.17, 15) is 10.2 Å². The summed E-state index contributed by atoms with van der Waals surface area (Å²) in [5.41, 5.74) is 0.532. The van der Waals surface area contributed by atoms with E-state index in [1.165, 1.54) is 12.1 Å². The molecule has 0 heterocycles. The Labute approximate surface area is 76.4 Å². The first-order valence-corrected chi connectivity index (χ1v) is 4.24. The van der Waals surface area contributed by atoms with Gasteiger partial charge in [-0.2, -0.15) is 0 Å². The van der Waals surface area contributed by atoms with Gasteiger partial charge < -0.3 is 10.2 Å². The monoisotopic (exact) mass is 186 g/mol. The smallest absolute Gasteiger partial charge is 0.141 e. The molecule has 0 bridgehead atoms.